The molecule has 7 heteroatoms. The van der Waals surface area contributed by atoms with Crippen molar-refractivity contribution in [2.75, 3.05) is 11.9 Å². The highest BCUT2D eigenvalue weighted by atomic mass is 16.2. The summed E-state index contributed by atoms with van der Waals surface area (Å²) in [5.74, 6) is 0. The maximum absolute atomic E-state index is 12.6. The van der Waals surface area contributed by atoms with Crippen LogP contribution in [0.5, 0.6) is 0 Å². The first kappa shape index (κ1) is 15.1. The van der Waals surface area contributed by atoms with Crippen LogP contribution in [0, 0.1) is 0 Å². The van der Waals surface area contributed by atoms with Gasteiger partial charge in [-0.3, -0.25) is 9.78 Å². The van der Waals surface area contributed by atoms with Crippen molar-refractivity contribution in [2.45, 2.75) is 19.9 Å². The van der Waals surface area contributed by atoms with E-state index in [-0.39, 0.29) is 6.03 Å². The predicted molar refractivity (Wildman–Crippen MR) is 89.0 cm³/mol. The molecule has 0 aliphatic heterocycles. The minimum Gasteiger partial charge on any atom is -0.320 e. The third kappa shape index (κ3) is 3.50. The van der Waals surface area contributed by atoms with Crippen LogP contribution >= 0.6 is 0 Å². The van der Waals surface area contributed by atoms with Crippen LogP contribution in [0.2, 0.25) is 0 Å². The number of aromatic amines is 1. The Morgan fingerprint density at radius 2 is 2.26 bits per heavy atom. The normalized spacial score (nSPS) is 10.9. The van der Waals surface area contributed by atoms with E-state index in [9.17, 15) is 4.79 Å². The number of rotatable bonds is 5. The molecule has 2 amide bonds. The fraction of sp³-hybridized carbons (Fsp3) is 0.312. The highest BCUT2D eigenvalue weighted by molar-refractivity contribution is 5.92. The van der Waals surface area contributed by atoms with Crippen molar-refractivity contribution in [1.29, 1.82) is 0 Å². The van der Waals surface area contributed by atoms with Gasteiger partial charge in [-0.1, -0.05) is 6.92 Å². The third-order valence-electron chi connectivity index (χ3n) is 3.60. The van der Waals surface area contributed by atoms with Gasteiger partial charge in [0.1, 0.15) is 0 Å². The second-order valence-electron chi connectivity index (χ2n) is 5.55. The van der Waals surface area contributed by atoms with Crippen LogP contribution in [0.1, 0.15) is 18.9 Å². The maximum Gasteiger partial charge on any atom is 0.322 e. The number of urea groups is 1. The smallest absolute Gasteiger partial charge is 0.320 e. The first-order valence-electron chi connectivity index (χ1n) is 7.62. The van der Waals surface area contributed by atoms with E-state index in [1.54, 1.807) is 22.0 Å². The SMILES string of the molecule is CCCN(Cc1cnn(C)c1)C(=O)Nc1ccc2[nH]ncc2c1. The number of nitrogens with zero attached hydrogens (tertiary/aromatic N) is 4. The van der Waals surface area contributed by atoms with Crippen LogP contribution in [0.15, 0.2) is 36.8 Å². The van der Waals surface area contributed by atoms with Crippen LogP contribution < -0.4 is 5.32 Å². The van der Waals surface area contributed by atoms with Gasteiger partial charge in [0.2, 0.25) is 0 Å². The standard InChI is InChI=1S/C16H20N6O/c1-3-6-22(11-12-8-18-21(2)10-12)16(23)19-14-4-5-15-13(7-14)9-17-20-15/h4-5,7-10H,3,6,11H2,1-2H3,(H,17,20)(H,19,23). The lowest BCUT2D eigenvalue weighted by molar-refractivity contribution is 0.209. The third-order valence-corrected chi connectivity index (χ3v) is 3.60. The lowest BCUT2D eigenvalue weighted by Gasteiger charge is -2.22. The molecular weight excluding hydrogens is 292 g/mol. The van der Waals surface area contributed by atoms with Gasteiger partial charge in [0.05, 0.1) is 24.5 Å². The van der Waals surface area contributed by atoms with E-state index >= 15 is 0 Å². The number of hydrogen-bond donors (Lipinski definition) is 2. The van der Waals surface area contributed by atoms with Gasteiger partial charge in [-0.25, -0.2) is 4.79 Å². The Hall–Kier alpha value is -2.83. The van der Waals surface area contributed by atoms with E-state index in [1.165, 1.54) is 0 Å². The van der Waals surface area contributed by atoms with Crippen LogP contribution in [0.3, 0.4) is 0 Å². The first-order valence-corrected chi connectivity index (χ1v) is 7.62. The molecule has 0 bridgehead atoms. The van der Waals surface area contributed by atoms with E-state index in [0.717, 1.165) is 28.6 Å². The van der Waals surface area contributed by atoms with Gasteiger partial charge in [0.25, 0.3) is 0 Å². The van der Waals surface area contributed by atoms with E-state index < -0.39 is 0 Å². The Kier molecular flexibility index (Phi) is 4.27. The number of H-pyrrole nitrogens is 1. The number of hydrogen-bond acceptors (Lipinski definition) is 3. The number of fused-ring (bicyclic) bond motifs is 1. The second-order valence-corrected chi connectivity index (χ2v) is 5.55. The van der Waals surface area contributed by atoms with E-state index in [0.29, 0.717) is 13.1 Å². The number of carbonyl (C=O) groups excluding carboxylic acids is 1. The Morgan fingerprint density at radius 1 is 1.39 bits per heavy atom. The molecule has 0 aliphatic carbocycles. The zero-order valence-electron chi connectivity index (χ0n) is 13.3. The van der Waals surface area contributed by atoms with Crippen molar-refractivity contribution in [3.63, 3.8) is 0 Å². The first-order chi connectivity index (χ1) is 11.2. The molecule has 3 rings (SSSR count). The van der Waals surface area contributed by atoms with Crippen molar-refractivity contribution in [1.82, 2.24) is 24.9 Å². The topological polar surface area (TPSA) is 78.8 Å². The lowest BCUT2D eigenvalue weighted by atomic mass is 10.2. The molecule has 120 valence electrons. The summed E-state index contributed by atoms with van der Waals surface area (Å²) in [5, 5.41) is 15.0. The summed E-state index contributed by atoms with van der Waals surface area (Å²) in [6.45, 7) is 3.29. The van der Waals surface area contributed by atoms with Gasteiger partial charge >= 0.3 is 6.03 Å². The Labute approximate surface area is 134 Å². The average Bonchev–Trinajstić information content (AvgIpc) is 3.15. The van der Waals surface area contributed by atoms with E-state index in [1.807, 2.05) is 31.4 Å². The van der Waals surface area contributed by atoms with Gasteiger partial charge in [0, 0.05) is 36.4 Å². The molecule has 0 radical (unpaired) electrons. The summed E-state index contributed by atoms with van der Waals surface area (Å²) in [6, 6.07) is 5.57. The fourth-order valence-corrected chi connectivity index (χ4v) is 2.52. The molecule has 3 aromatic rings. The van der Waals surface area contributed by atoms with Crippen molar-refractivity contribution < 1.29 is 4.79 Å². The summed E-state index contributed by atoms with van der Waals surface area (Å²) >= 11 is 0. The molecule has 0 saturated heterocycles. The molecule has 0 aliphatic rings. The molecule has 23 heavy (non-hydrogen) atoms. The molecule has 2 aromatic heterocycles. The number of aryl methyl sites for hydroxylation is 1. The summed E-state index contributed by atoms with van der Waals surface area (Å²) in [4.78, 5) is 14.3. The predicted octanol–water partition coefficient (Wildman–Crippen LogP) is 2.74. The van der Waals surface area contributed by atoms with Crippen LogP contribution in [0.4, 0.5) is 10.5 Å². The molecule has 0 spiro atoms. The zero-order chi connectivity index (χ0) is 16.2. The molecule has 0 fully saturated rings. The summed E-state index contributed by atoms with van der Waals surface area (Å²) in [5.41, 5.74) is 2.72. The monoisotopic (exact) mass is 312 g/mol. The number of aromatic nitrogens is 4. The van der Waals surface area contributed by atoms with Gasteiger partial charge in [-0.05, 0) is 24.6 Å². The molecule has 2 N–H and O–H groups in total. The largest absolute Gasteiger partial charge is 0.322 e. The summed E-state index contributed by atoms with van der Waals surface area (Å²) < 4.78 is 1.74. The van der Waals surface area contributed by atoms with E-state index in [2.05, 4.69) is 27.5 Å². The van der Waals surface area contributed by atoms with Gasteiger partial charge in [-0.2, -0.15) is 10.2 Å². The molecule has 0 atom stereocenters. The Bertz CT molecular complexity index is 806. The van der Waals surface area contributed by atoms with Gasteiger partial charge < -0.3 is 10.2 Å². The zero-order valence-corrected chi connectivity index (χ0v) is 13.3. The highest BCUT2D eigenvalue weighted by Gasteiger charge is 2.14. The average molecular weight is 312 g/mol. The summed E-state index contributed by atoms with van der Waals surface area (Å²) in [7, 11) is 1.87. The van der Waals surface area contributed by atoms with Gasteiger partial charge in [0.15, 0.2) is 0 Å². The van der Waals surface area contributed by atoms with Crippen molar-refractivity contribution in [2.24, 2.45) is 7.05 Å². The minimum absolute atomic E-state index is 0.112. The van der Waals surface area contributed by atoms with Crippen LogP contribution in [-0.4, -0.2) is 37.5 Å². The number of nitrogens with one attached hydrogen (secondary N) is 2. The minimum atomic E-state index is -0.112. The quantitative estimate of drug-likeness (QED) is 0.760. The summed E-state index contributed by atoms with van der Waals surface area (Å²) in [6.07, 6.45) is 6.35. The molecule has 1 aromatic carbocycles. The molecular formula is C16H20N6O. The maximum atomic E-state index is 12.6. The number of amides is 2. The Balaban J connectivity index is 1.72. The number of benzene rings is 1. The lowest BCUT2D eigenvalue weighted by Crippen LogP contribution is -2.35. The van der Waals surface area contributed by atoms with Crippen molar-refractivity contribution in [3.8, 4) is 0 Å². The van der Waals surface area contributed by atoms with Crippen molar-refractivity contribution in [3.05, 3.63) is 42.4 Å². The van der Waals surface area contributed by atoms with Crippen LogP contribution in [0.25, 0.3) is 10.9 Å². The fourth-order valence-electron chi connectivity index (χ4n) is 2.52. The molecule has 0 unspecified atom stereocenters. The molecule has 0 saturated carbocycles. The van der Waals surface area contributed by atoms with Crippen LogP contribution in [-0.2, 0) is 13.6 Å². The molecule has 2 heterocycles. The van der Waals surface area contributed by atoms with Crippen molar-refractivity contribution >= 4 is 22.6 Å². The number of anilines is 1. The Morgan fingerprint density at radius 3 is 3.00 bits per heavy atom. The number of carbonyl (C=O) groups is 1. The molecule has 7 nitrogen and oxygen atoms in total. The van der Waals surface area contributed by atoms with E-state index in [4.69, 9.17) is 0 Å². The second kappa shape index (κ2) is 6.51. The van der Waals surface area contributed by atoms with Gasteiger partial charge in [-0.15, -0.1) is 0 Å². The highest BCUT2D eigenvalue weighted by Crippen LogP contribution is 2.17.